The molecule has 290 valence electrons. The highest BCUT2D eigenvalue weighted by atomic mass is 15.0. The summed E-state index contributed by atoms with van der Waals surface area (Å²) in [5, 5.41) is 2.36. The fraction of sp³-hybridized carbons (Fsp3) is 0.0175. The molecule has 0 fully saturated rings. The lowest BCUT2D eigenvalue weighted by Gasteiger charge is -2.32. The molecule has 0 aliphatic heterocycles. The minimum absolute atomic E-state index is 0.597. The third-order valence-electron chi connectivity index (χ3n) is 12.4. The highest BCUT2D eigenvalue weighted by Crippen LogP contribution is 2.57. The molecule has 1 aliphatic carbocycles. The van der Waals surface area contributed by atoms with Crippen LogP contribution in [0.4, 0.5) is 0 Å². The minimum Gasteiger partial charge on any atom is -0.309 e. The predicted molar refractivity (Wildman–Crippen MR) is 251 cm³/mol. The zero-order chi connectivity index (χ0) is 41.0. The molecule has 1 atom stereocenters. The molecular weight excluding hydrogens is 755 g/mol. The van der Waals surface area contributed by atoms with Crippen molar-refractivity contribution in [3.63, 3.8) is 0 Å². The first-order valence-corrected chi connectivity index (χ1v) is 21.0. The molecule has 0 N–H and O–H groups in total. The molecule has 0 spiro atoms. The van der Waals surface area contributed by atoms with Crippen LogP contribution in [0.5, 0.6) is 0 Å². The number of para-hydroxylation sites is 1. The third-order valence-corrected chi connectivity index (χ3v) is 12.4. The van der Waals surface area contributed by atoms with Gasteiger partial charge >= 0.3 is 0 Å². The number of hydrogen-bond acceptors (Lipinski definition) is 4. The van der Waals surface area contributed by atoms with Crippen LogP contribution in [0.3, 0.4) is 0 Å². The Balaban J connectivity index is 1.05. The molecule has 5 heteroatoms. The van der Waals surface area contributed by atoms with E-state index in [-0.39, 0.29) is 0 Å². The van der Waals surface area contributed by atoms with Gasteiger partial charge in [-0.05, 0) is 81.4 Å². The van der Waals surface area contributed by atoms with Crippen molar-refractivity contribution in [2.24, 2.45) is 0 Å². The van der Waals surface area contributed by atoms with E-state index in [0.717, 1.165) is 44.7 Å². The van der Waals surface area contributed by atoms with Crippen molar-refractivity contribution in [2.45, 2.75) is 5.41 Å². The van der Waals surface area contributed by atoms with Gasteiger partial charge in [0.2, 0.25) is 0 Å². The molecule has 3 aromatic heterocycles. The van der Waals surface area contributed by atoms with Crippen molar-refractivity contribution in [2.75, 3.05) is 0 Å². The second kappa shape index (κ2) is 14.5. The van der Waals surface area contributed by atoms with E-state index in [1.54, 1.807) is 0 Å². The number of fused-ring (bicyclic) bond motifs is 6. The van der Waals surface area contributed by atoms with Crippen LogP contribution in [-0.4, -0.2) is 24.5 Å². The Morgan fingerprint density at radius 3 is 1.68 bits per heavy atom. The first kappa shape index (κ1) is 35.6. The topological polar surface area (TPSA) is 56.5 Å². The fourth-order valence-corrected chi connectivity index (χ4v) is 9.60. The summed E-state index contributed by atoms with van der Waals surface area (Å²) in [4.78, 5) is 20.4. The van der Waals surface area contributed by atoms with Crippen LogP contribution >= 0.6 is 0 Å². The smallest absolute Gasteiger partial charge is 0.164 e. The summed E-state index contributed by atoms with van der Waals surface area (Å²) in [5.74, 6) is 1.87. The molecule has 11 aromatic rings. The Bertz CT molecular complexity index is 3400. The lowest BCUT2D eigenvalue weighted by Crippen LogP contribution is -2.29. The molecule has 1 aliphatic rings. The zero-order valence-electron chi connectivity index (χ0n) is 33.6. The Kier molecular flexibility index (Phi) is 8.32. The predicted octanol–water partition coefficient (Wildman–Crippen LogP) is 13.4. The van der Waals surface area contributed by atoms with E-state index in [4.69, 9.17) is 19.9 Å². The highest BCUT2D eigenvalue weighted by molar-refractivity contribution is 6.12. The zero-order valence-corrected chi connectivity index (χ0v) is 33.6. The summed E-state index contributed by atoms with van der Waals surface area (Å²) in [5.41, 5.74) is 14.8. The SMILES string of the molecule is c1ccc(-c2ccc(-c3nc(-c4ccccc4)nc(-c4cccc(-n5c6ccccc6c6cc7c(cc65)-c5ccccc5C7(c5ccccc5)c5ccccn5)c4)n3)cc2)cc1. The van der Waals surface area contributed by atoms with Gasteiger partial charge in [0.25, 0.3) is 0 Å². The van der Waals surface area contributed by atoms with Crippen LogP contribution in [-0.2, 0) is 5.41 Å². The van der Waals surface area contributed by atoms with Gasteiger partial charge in [-0.1, -0.05) is 176 Å². The van der Waals surface area contributed by atoms with E-state index in [2.05, 4.69) is 180 Å². The Labute approximate surface area is 359 Å². The fourth-order valence-electron chi connectivity index (χ4n) is 9.60. The second-order valence-corrected chi connectivity index (χ2v) is 15.8. The molecule has 8 aromatic carbocycles. The Morgan fingerprint density at radius 1 is 0.355 bits per heavy atom. The molecule has 0 amide bonds. The van der Waals surface area contributed by atoms with Crippen LogP contribution in [0, 0.1) is 0 Å². The molecule has 62 heavy (non-hydrogen) atoms. The molecule has 1 unspecified atom stereocenters. The summed E-state index contributed by atoms with van der Waals surface area (Å²) in [6, 6.07) is 77.1. The van der Waals surface area contributed by atoms with Gasteiger partial charge in [0.15, 0.2) is 17.5 Å². The Hall–Kier alpha value is -8.28. The summed E-state index contributed by atoms with van der Waals surface area (Å²) in [6.07, 6.45) is 1.91. The first-order valence-electron chi connectivity index (χ1n) is 21.0. The standard InChI is InChI=1S/C57H37N5/c1-4-17-38(18-5-1)39-30-32-41(33-31-39)55-59-54(40-19-6-2-7-20-40)60-56(61-55)42-21-16-24-44(35-42)62-51-28-13-11-26-46(51)48-36-50-47(37-52(48)62)45-25-10-12-27-49(45)57(50,43-22-8-3-9-23-43)53-29-14-15-34-58-53/h1-37H. The second-order valence-electron chi connectivity index (χ2n) is 15.8. The average molecular weight is 792 g/mol. The summed E-state index contributed by atoms with van der Waals surface area (Å²) in [7, 11) is 0. The summed E-state index contributed by atoms with van der Waals surface area (Å²) < 4.78 is 2.39. The molecule has 0 saturated carbocycles. The van der Waals surface area contributed by atoms with Crippen LogP contribution < -0.4 is 0 Å². The largest absolute Gasteiger partial charge is 0.309 e. The van der Waals surface area contributed by atoms with Crippen molar-refractivity contribution in [3.05, 3.63) is 247 Å². The number of hydrogen-bond donors (Lipinski definition) is 0. The van der Waals surface area contributed by atoms with Crippen molar-refractivity contribution in [1.82, 2.24) is 24.5 Å². The quantitative estimate of drug-likeness (QED) is 0.161. The normalized spacial score (nSPS) is 14.2. The average Bonchev–Trinajstić information content (AvgIpc) is 3.84. The van der Waals surface area contributed by atoms with E-state index < -0.39 is 5.41 Å². The molecule has 5 nitrogen and oxygen atoms in total. The van der Waals surface area contributed by atoms with Crippen LogP contribution in [0.1, 0.15) is 22.4 Å². The van der Waals surface area contributed by atoms with Gasteiger partial charge in [0.1, 0.15) is 0 Å². The molecular formula is C57H37N5. The van der Waals surface area contributed by atoms with Crippen LogP contribution in [0.15, 0.2) is 225 Å². The van der Waals surface area contributed by atoms with Gasteiger partial charge in [-0.3, -0.25) is 4.98 Å². The lowest BCUT2D eigenvalue weighted by atomic mass is 9.69. The monoisotopic (exact) mass is 791 g/mol. The molecule has 3 heterocycles. The van der Waals surface area contributed by atoms with Crippen molar-refractivity contribution >= 4 is 21.8 Å². The minimum atomic E-state index is -0.597. The third kappa shape index (κ3) is 5.63. The van der Waals surface area contributed by atoms with Gasteiger partial charge in [0, 0.05) is 39.3 Å². The number of aromatic nitrogens is 5. The van der Waals surface area contributed by atoms with E-state index in [9.17, 15) is 0 Å². The van der Waals surface area contributed by atoms with Gasteiger partial charge in [-0.2, -0.15) is 0 Å². The van der Waals surface area contributed by atoms with Gasteiger partial charge in [0.05, 0.1) is 22.1 Å². The van der Waals surface area contributed by atoms with Crippen molar-refractivity contribution in [1.29, 1.82) is 0 Å². The van der Waals surface area contributed by atoms with E-state index in [1.807, 2.05) is 48.7 Å². The number of pyridine rings is 1. The first-order chi connectivity index (χ1) is 30.7. The molecule has 12 rings (SSSR count). The maximum atomic E-state index is 5.16. The molecule has 0 bridgehead atoms. The number of benzene rings is 8. The highest BCUT2D eigenvalue weighted by Gasteiger charge is 2.47. The van der Waals surface area contributed by atoms with Gasteiger partial charge in [-0.25, -0.2) is 15.0 Å². The Morgan fingerprint density at radius 2 is 0.935 bits per heavy atom. The molecule has 0 saturated heterocycles. The van der Waals surface area contributed by atoms with E-state index in [1.165, 1.54) is 44.2 Å². The maximum absolute atomic E-state index is 5.16. The van der Waals surface area contributed by atoms with E-state index >= 15 is 0 Å². The van der Waals surface area contributed by atoms with Crippen LogP contribution in [0.25, 0.3) is 83.9 Å². The maximum Gasteiger partial charge on any atom is 0.164 e. The lowest BCUT2D eigenvalue weighted by molar-refractivity contribution is 0.735. The van der Waals surface area contributed by atoms with Crippen molar-refractivity contribution < 1.29 is 0 Å². The number of nitrogens with zero attached hydrogens (tertiary/aromatic N) is 5. The summed E-state index contributed by atoms with van der Waals surface area (Å²) >= 11 is 0. The van der Waals surface area contributed by atoms with Crippen LogP contribution in [0.2, 0.25) is 0 Å². The number of rotatable bonds is 7. The van der Waals surface area contributed by atoms with E-state index in [0.29, 0.717) is 17.5 Å². The molecule has 0 radical (unpaired) electrons. The van der Waals surface area contributed by atoms with Gasteiger partial charge in [-0.15, -0.1) is 0 Å². The van der Waals surface area contributed by atoms with Crippen molar-refractivity contribution in [3.8, 4) is 62.1 Å². The van der Waals surface area contributed by atoms with Gasteiger partial charge < -0.3 is 4.57 Å². The summed E-state index contributed by atoms with van der Waals surface area (Å²) in [6.45, 7) is 0.